The Bertz CT molecular complexity index is 2660. The first-order valence-electron chi connectivity index (χ1n) is 22.1. The zero-order chi connectivity index (χ0) is 46.5. The number of rotatable bonds is 16. The normalized spacial score (nSPS) is 18.3. The van der Waals surface area contributed by atoms with Crippen molar-refractivity contribution in [1.82, 2.24) is 29.1 Å². The lowest BCUT2D eigenvalue weighted by Crippen LogP contribution is -3.00. The number of hydrogen-bond donors (Lipinski definition) is 2. The summed E-state index contributed by atoms with van der Waals surface area (Å²) in [4.78, 5) is 36.3. The number of hydrogen-bond acceptors (Lipinski definition) is 12. The van der Waals surface area contributed by atoms with Crippen molar-refractivity contribution >= 4 is 23.3 Å². The summed E-state index contributed by atoms with van der Waals surface area (Å²) in [5.74, 6) is -0.456. The average molecular weight is 961 g/mol. The van der Waals surface area contributed by atoms with E-state index in [-0.39, 0.29) is 62.7 Å². The maximum atomic E-state index is 15.5. The van der Waals surface area contributed by atoms with E-state index >= 15 is 4.39 Å². The highest BCUT2D eigenvalue weighted by Gasteiger charge is 2.46. The summed E-state index contributed by atoms with van der Waals surface area (Å²) < 4.78 is 54.1. The van der Waals surface area contributed by atoms with E-state index in [2.05, 4.69) is 25.0 Å². The van der Waals surface area contributed by atoms with E-state index < -0.39 is 35.7 Å². The molecule has 2 aliphatic heterocycles. The Labute approximate surface area is 400 Å². The number of aromatic nitrogens is 7. The number of anilines is 3. The van der Waals surface area contributed by atoms with Gasteiger partial charge in [0.25, 0.3) is 6.33 Å². The van der Waals surface area contributed by atoms with Crippen LogP contribution in [0.3, 0.4) is 0 Å². The molecule has 17 nitrogen and oxygen atoms in total. The molecule has 0 aliphatic carbocycles. The van der Waals surface area contributed by atoms with Crippen LogP contribution in [-0.2, 0) is 28.2 Å². The number of ether oxygens (including phenoxy) is 3. The molecule has 6 aromatic rings. The van der Waals surface area contributed by atoms with Crippen LogP contribution in [0.2, 0.25) is 0 Å². The molecule has 0 spiro atoms. The molecule has 3 aromatic carbocycles. The molecular formula is C48H60ClF2N11O6. The fraction of sp³-hybridized carbons (Fsp3) is 0.417. The summed E-state index contributed by atoms with van der Waals surface area (Å²) >= 11 is 0. The first-order chi connectivity index (χ1) is 31.9. The molecule has 5 heterocycles. The third kappa shape index (κ3) is 11.0. The van der Waals surface area contributed by atoms with E-state index in [0.717, 1.165) is 43.6 Å². The maximum Gasteiger partial charge on any atom is 0.418 e. The predicted octanol–water partition coefficient (Wildman–Crippen LogP) is 2.75. The van der Waals surface area contributed by atoms with Crippen LogP contribution in [-0.4, -0.2) is 92.9 Å². The lowest BCUT2D eigenvalue weighted by Gasteiger charge is -2.37. The average Bonchev–Trinajstić information content (AvgIpc) is 4.07. The highest BCUT2D eigenvalue weighted by Crippen LogP contribution is 2.42. The van der Waals surface area contributed by atoms with Gasteiger partial charge in [-0.2, -0.15) is 9.67 Å². The van der Waals surface area contributed by atoms with Gasteiger partial charge in [-0.15, -0.1) is 4.68 Å². The van der Waals surface area contributed by atoms with Crippen LogP contribution in [0.25, 0.3) is 5.69 Å². The number of carbonyl (C=O) groups excluding carboxylic acids is 1. The van der Waals surface area contributed by atoms with Gasteiger partial charge in [-0.3, -0.25) is 4.90 Å². The molecule has 1 amide bonds. The molecule has 3 aromatic heterocycles. The fourth-order valence-electron chi connectivity index (χ4n) is 8.80. The molecule has 68 heavy (non-hydrogen) atoms. The second-order valence-corrected chi connectivity index (χ2v) is 16.9. The maximum absolute atomic E-state index is 15.5. The summed E-state index contributed by atoms with van der Waals surface area (Å²) in [6.45, 7) is 9.40. The molecular weight excluding hydrogens is 900 g/mol. The van der Waals surface area contributed by atoms with Gasteiger partial charge in [-0.1, -0.05) is 26.5 Å². The highest BCUT2D eigenvalue weighted by atomic mass is 35.5. The minimum absolute atomic E-state index is 0. The van der Waals surface area contributed by atoms with Crippen molar-refractivity contribution in [3.8, 4) is 11.4 Å². The predicted molar refractivity (Wildman–Crippen MR) is 248 cm³/mol. The van der Waals surface area contributed by atoms with Crippen molar-refractivity contribution in [1.29, 1.82) is 0 Å². The third-order valence-corrected chi connectivity index (χ3v) is 12.5. The van der Waals surface area contributed by atoms with Gasteiger partial charge in [0.05, 0.1) is 31.0 Å². The Morgan fingerprint density at radius 3 is 2.29 bits per heavy atom. The van der Waals surface area contributed by atoms with Crippen LogP contribution >= 0.6 is 0 Å². The van der Waals surface area contributed by atoms with Crippen molar-refractivity contribution in [2.24, 2.45) is 11.7 Å². The minimum atomic E-state index is -1.19. The zero-order valence-corrected chi connectivity index (χ0v) is 38.6. The van der Waals surface area contributed by atoms with E-state index in [1.807, 2.05) is 55.5 Å². The molecule has 5 atom stereocenters. The second kappa shape index (κ2) is 22.1. The van der Waals surface area contributed by atoms with Crippen LogP contribution in [0.15, 0.2) is 109 Å². The first-order valence-corrected chi connectivity index (χ1v) is 22.1. The number of pyridine rings is 1. The molecule has 3 N–H and O–H groups in total. The molecule has 2 aliphatic rings. The van der Waals surface area contributed by atoms with E-state index in [1.54, 1.807) is 54.8 Å². The van der Waals surface area contributed by atoms with Gasteiger partial charge < -0.3 is 47.3 Å². The van der Waals surface area contributed by atoms with Crippen molar-refractivity contribution in [3.05, 3.63) is 137 Å². The van der Waals surface area contributed by atoms with Crippen LogP contribution in [0.1, 0.15) is 64.4 Å². The monoisotopic (exact) mass is 959 g/mol. The quantitative estimate of drug-likeness (QED) is 0.136. The van der Waals surface area contributed by atoms with Crippen LogP contribution in [0.5, 0.6) is 5.75 Å². The molecule has 8 rings (SSSR count). The number of nitrogens with zero attached hydrogens (tertiary/aromatic N) is 10. The zero-order valence-electron chi connectivity index (χ0n) is 37.9. The van der Waals surface area contributed by atoms with Crippen LogP contribution < -0.4 is 47.8 Å². The van der Waals surface area contributed by atoms with Crippen LogP contribution in [0, 0.1) is 17.6 Å². The minimum Gasteiger partial charge on any atom is -1.00 e. The van der Waals surface area contributed by atoms with E-state index in [0.29, 0.717) is 42.3 Å². The van der Waals surface area contributed by atoms with E-state index in [4.69, 9.17) is 19.9 Å². The molecule has 2 saturated heterocycles. The fourth-order valence-corrected chi connectivity index (χ4v) is 8.80. The van der Waals surface area contributed by atoms with Gasteiger partial charge in [0.15, 0.2) is 0 Å². The lowest BCUT2D eigenvalue weighted by molar-refractivity contribution is -0.753. The summed E-state index contributed by atoms with van der Waals surface area (Å²) in [5, 5.41) is 18.9. The van der Waals surface area contributed by atoms with Crippen LogP contribution in [0.4, 0.5) is 30.8 Å². The summed E-state index contributed by atoms with van der Waals surface area (Å²) in [5.41, 5.74) is 8.11. The van der Waals surface area contributed by atoms with Gasteiger partial charge in [0.1, 0.15) is 41.7 Å². The molecule has 2 fully saturated rings. The molecule has 0 radical (unpaired) electrons. The van der Waals surface area contributed by atoms with Gasteiger partial charge in [0, 0.05) is 92.5 Å². The number of carbonyl (C=O) groups is 1. The standard InChI is InChI=1S/C47H56F2N11O6.CH4.ClH/c1-5-43(32(2)61)60-45(62)59(30-53-60)39-11-9-37(10-12-39)55-19-21-56(22-20-55)38-13-15-40(16-14-38)64-26-34-24-47(65-27-34,41-17-8-36(48)23-42(41)49)28-58-31-57(29-52-58)33(3)66-46(63)54(4)44-35(25-50)7-6-18-51-44;;/h6-18,23,29-34,43,61H,5,19-22,24-28,50H2,1-4H3;1H4;1H/q+1;;/p-1/t32-,33?,34+,43-,47-;;/m0../s1. The molecule has 0 bridgehead atoms. The highest BCUT2D eigenvalue weighted by molar-refractivity contribution is 5.86. The van der Waals surface area contributed by atoms with Crippen molar-refractivity contribution < 1.29 is 49.9 Å². The Morgan fingerprint density at radius 2 is 1.66 bits per heavy atom. The topological polar surface area (TPSA) is 175 Å². The van der Waals surface area contributed by atoms with Gasteiger partial charge in [-0.05, 0) is 80.4 Å². The molecule has 20 heteroatoms. The number of halogens is 3. The van der Waals surface area contributed by atoms with Gasteiger partial charge in [-0.25, -0.2) is 32.6 Å². The molecule has 364 valence electrons. The lowest BCUT2D eigenvalue weighted by atomic mass is 9.87. The SMILES string of the molecule is C.CC[C@@H]([C@H](C)O)n1ncn(-c2ccc(N3CCN(c4ccc(OC[C@@H]5CO[C@@](Cn6c[n+](C(C)OC(=O)N(C)c7ncccc7CN)cn6)(c6ccc(F)cc6F)C5)cc4)CC3)cc2)c1=O.[Cl-]. The summed E-state index contributed by atoms with van der Waals surface area (Å²) in [6.07, 6.45) is 5.08. The largest absolute Gasteiger partial charge is 1.00 e. The Morgan fingerprint density at radius 1 is 1.00 bits per heavy atom. The molecule has 1 unspecified atom stereocenters. The Kier molecular flexibility index (Phi) is 16.6. The first kappa shape index (κ1) is 51.0. The number of aliphatic hydroxyl groups excluding tert-OH is 1. The summed E-state index contributed by atoms with van der Waals surface area (Å²) in [7, 11) is 1.55. The van der Waals surface area contributed by atoms with Crippen molar-refractivity contribution in [3.63, 3.8) is 0 Å². The summed E-state index contributed by atoms with van der Waals surface area (Å²) in [6, 6.07) is 22.5. The molecule has 0 saturated carbocycles. The Balaban J connectivity index is 0.00000381. The van der Waals surface area contributed by atoms with Gasteiger partial charge in [0.2, 0.25) is 12.6 Å². The Hall–Kier alpha value is -6.41. The van der Waals surface area contributed by atoms with Crippen molar-refractivity contribution in [2.45, 2.75) is 78.1 Å². The smallest absolute Gasteiger partial charge is 0.418 e. The van der Waals surface area contributed by atoms with E-state index in [1.165, 1.54) is 38.9 Å². The third-order valence-electron chi connectivity index (χ3n) is 12.5. The van der Waals surface area contributed by atoms with E-state index in [9.17, 15) is 19.1 Å². The number of benzene rings is 3. The number of aliphatic hydroxyl groups is 1. The number of nitrogens with two attached hydrogens (primary N) is 1. The van der Waals surface area contributed by atoms with Crippen molar-refractivity contribution in [2.75, 3.05) is 61.1 Å². The number of piperazine rings is 1. The second-order valence-electron chi connectivity index (χ2n) is 16.9. The number of amides is 1. The van der Waals surface area contributed by atoms with Gasteiger partial charge >= 0.3 is 11.8 Å².